The highest BCUT2D eigenvalue weighted by Gasteiger charge is 2.51. The van der Waals surface area contributed by atoms with Gasteiger partial charge in [0.2, 0.25) is 0 Å². The first-order valence-corrected chi connectivity index (χ1v) is 9.08. The maximum absolute atomic E-state index is 12.4. The van der Waals surface area contributed by atoms with Gasteiger partial charge in [-0.25, -0.2) is 0 Å². The summed E-state index contributed by atoms with van der Waals surface area (Å²) >= 11 is 5.39. The van der Waals surface area contributed by atoms with Crippen LogP contribution in [0.25, 0.3) is 0 Å². The van der Waals surface area contributed by atoms with E-state index in [-0.39, 0.29) is 4.87 Å². The van der Waals surface area contributed by atoms with Crippen LogP contribution in [0, 0.1) is 5.92 Å². The fourth-order valence-electron chi connectivity index (χ4n) is 2.99. The number of nitrogens with one attached hydrogen (secondary N) is 1. The van der Waals surface area contributed by atoms with Crippen molar-refractivity contribution in [3.8, 4) is 5.75 Å². The largest absolute Gasteiger partial charge is 0.480 e. The van der Waals surface area contributed by atoms with E-state index in [4.69, 9.17) is 4.74 Å². The molecule has 9 heteroatoms. The monoisotopic (exact) mass is 413 g/mol. The van der Waals surface area contributed by atoms with E-state index < -0.39 is 29.0 Å². The summed E-state index contributed by atoms with van der Waals surface area (Å²) in [6.07, 6.45) is 0. The van der Waals surface area contributed by atoms with Crippen LogP contribution in [-0.4, -0.2) is 27.3 Å². The van der Waals surface area contributed by atoms with Crippen molar-refractivity contribution in [1.82, 2.24) is 4.98 Å². The molecular formula is C14H8BrNO5S2. The number of carboxylic acid groups (broad SMARTS) is 1. The molecule has 0 spiro atoms. The van der Waals surface area contributed by atoms with Gasteiger partial charge in [-0.3, -0.25) is 14.4 Å². The van der Waals surface area contributed by atoms with Gasteiger partial charge in [-0.15, -0.1) is 0 Å². The Bertz CT molecular complexity index is 905. The maximum Gasteiger partial charge on any atom is 0.317 e. The zero-order valence-corrected chi connectivity index (χ0v) is 14.5. The number of hydrogen-bond donors (Lipinski definition) is 2. The second kappa shape index (κ2) is 5.22. The zero-order valence-electron chi connectivity index (χ0n) is 11.2. The number of hydrogen-bond acceptors (Lipinski definition) is 6. The van der Waals surface area contributed by atoms with E-state index in [0.29, 0.717) is 21.2 Å². The molecule has 23 heavy (non-hydrogen) atoms. The van der Waals surface area contributed by atoms with E-state index in [2.05, 4.69) is 20.9 Å². The Hall–Kier alpha value is -1.58. The van der Waals surface area contributed by atoms with Crippen molar-refractivity contribution in [2.24, 2.45) is 5.92 Å². The molecule has 118 valence electrons. The summed E-state index contributed by atoms with van der Waals surface area (Å²) in [7, 11) is 0. The van der Waals surface area contributed by atoms with Crippen LogP contribution < -0.4 is 9.61 Å². The van der Waals surface area contributed by atoms with Gasteiger partial charge in [0.05, 0.1) is 10.9 Å². The molecular weight excluding hydrogens is 406 g/mol. The fourth-order valence-corrected chi connectivity index (χ4v) is 5.76. The van der Waals surface area contributed by atoms with Crippen molar-refractivity contribution in [3.05, 3.63) is 42.8 Å². The number of benzene rings is 1. The first-order valence-electron chi connectivity index (χ1n) is 6.59. The van der Waals surface area contributed by atoms with E-state index in [1.165, 1.54) is 0 Å². The molecule has 2 aliphatic rings. The number of carbonyl (C=O) groups excluding carboxylic acids is 1. The van der Waals surface area contributed by atoms with Crippen molar-refractivity contribution >= 4 is 51.0 Å². The van der Waals surface area contributed by atoms with Gasteiger partial charge in [-0.1, -0.05) is 39.0 Å². The third kappa shape index (κ3) is 2.26. The smallest absolute Gasteiger partial charge is 0.317 e. The number of aliphatic carboxylic acids is 1. The Morgan fingerprint density at radius 2 is 2.13 bits per heavy atom. The summed E-state index contributed by atoms with van der Waals surface area (Å²) in [5, 5.41) is 9.02. The van der Waals surface area contributed by atoms with Crippen LogP contribution >= 0.6 is 39.0 Å². The first kappa shape index (κ1) is 15.0. The lowest BCUT2D eigenvalue weighted by Gasteiger charge is -2.37. The van der Waals surface area contributed by atoms with Gasteiger partial charge in [0.1, 0.15) is 11.0 Å². The van der Waals surface area contributed by atoms with Gasteiger partial charge >= 0.3 is 16.8 Å². The molecule has 1 aromatic carbocycles. The van der Waals surface area contributed by atoms with Crippen LogP contribution in [0.5, 0.6) is 5.75 Å². The minimum Gasteiger partial charge on any atom is -0.480 e. The number of thioether (sulfide) groups is 1. The number of thiazole rings is 1. The molecule has 0 unspecified atom stereocenters. The van der Waals surface area contributed by atoms with Crippen LogP contribution in [0.1, 0.15) is 16.4 Å². The molecule has 0 amide bonds. The molecule has 3 atom stereocenters. The van der Waals surface area contributed by atoms with Crippen molar-refractivity contribution in [2.45, 2.75) is 16.2 Å². The van der Waals surface area contributed by atoms with E-state index in [1.54, 1.807) is 12.1 Å². The zero-order chi connectivity index (χ0) is 16.3. The number of fused-ring (bicyclic) bond motifs is 5. The summed E-state index contributed by atoms with van der Waals surface area (Å²) in [6, 6.07) is 5.22. The molecule has 1 aromatic heterocycles. The molecule has 6 nitrogen and oxygen atoms in total. The SMILES string of the molecule is O=C1Oc2ccc(Br)cc2[C@@H]2c3sc(=O)[nH]c3S[C@@H](C(=O)O)[C@H]12. The number of esters is 1. The second-order valence-corrected chi connectivity index (χ2v) is 8.27. The Labute approximate surface area is 146 Å². The van der Waals surface area contributed by atoms with Crippen LogP contribution in [-0.2, 0) is 9.59 Å². The predicted octanol–water partition coefficient (Wildman–Crippen LogP) is 2.42. The number of ether oxygens (including phenoxy) is 1. The van der Waals surface area contributed by atoms with Crippen molar-refractivity contribution in [3.63, 3.8) is 0 Å². The van der Waals surface area contributed by atoms with E-state index in [1.807, 2.05) is 6.07 Å². The molecule has 2 aromatic rings. The fraction of sp³-hybridized carbons (Fsp3) is 0.214. The summed E-state index contributed by atoms with van der Waals surface area (Å²) < 4.78 is 6.13. The quantitative estimate of drug-likeness (QED) is 0.550. The normalized spacial score (nSPS) is 25.1. The number of aromatic nitrogens is 1. The molecule has 3 heterocycles. The molecule has 0 bridgehead atoms. The Morgan fingerprint density at radius 3 is 2.87 bits per heavy atom. The molecule has 0 saturated heterocycles. The molecule has 2 N–H and O–H groups in total. The third-order valence-corrected chi connectivity index (χ3v) is 6.78. The van der Waals surface area contributed by atoms with Crippen molar-refractivity contribution in [1.29, 1.82) is 0 Å². The van der Waals surface area contributed by atoms with Gasteiger partial charge in [0.15, 0.2) is 0 Å². The molecule has 0 fully saturated rings. The summed E-state index contributed by atoms with van der Waals surface area (Å²) in [5.74, 6) is -2.63. The second-order valence-electron chi connectivity index (χ2n) is 5.19. The van der Waals surface area contributed by atoms with Gasteiger partial charge in [-0.2, -0.15) is 0 Å². The number of carbonyl (C=O) groups is 2. The Morgan fingerprint density at radius 1 is 1.35 bits per heavy atom. The lowest BCUT2D eigenvalue weighted by Crippen LogP contribution is -2.44. The highest BCUT2D eigenvalue weighted by atomic mass is 79.9. The molecule has 0 aliphatic carbocycles. The van der Waals surface area contributed by atoms with Crippen LogP contribution in [0.3, 0.4) is 0 Å². The van der Waals surface area contributed by atoms with Gasteiger partial charge in [0, 0.05) is 20.8 Å². The highest BCUT2D eigenvalue weighted by Crippen LogP contribution is 2.53. The average molecular weight is 414 g/mol. The van der Waals surface area contributed by atoms with E-state index in [9.17, 15) is 19.5 Å². The van der Waals surface area contributed by atoms with E-state index >= 15 is 0 Å². The number of aromatic amines is 1. The first-order chi connectivity index (χ1) is 11.0. The summed E-state index contributed by atoms with van der Waals surface area (Å²) in [4.78, 5) is 38.9. The maximum atomic E-state index is 12.4. The predicted molar refractivity (Wildman–Crippen MR) is 87.3 cm³/mol. The third-order valence-electron chi connectivity index (χ3n) is 3.89. The highest BCUT2D eigenvalue weighted by molar-refractivity contribution is 9.10. The minimum absolute atomic E-state index is 0.261. The lowest BCUT2D eigenvalue weighted by molar-refractivity contribution is -0.147. The van der Waals surface area contributed by atoms with Gasteiger partial charge < -0.3 is 14.8 Å². The molecule has 0 saturated carbocycles. The molecule has 4 rings (SSSR count). The minimum atomic E-state index is -1.10. The number of rotatable bonds is 1. The molecule has 2 aliphatic heterocycles. The number of carboxylic acids is 1. The van der Waals surface area contributed by atoms with Crippen molar-refractivity contribution in [2.75, 3.05) is 0 Å². The van der Waals surface area contributed by atoms with Crippen LogP contribution in [0.15, 0.2) is 32.5 Å². The van der Waals surface area contributed by atoms with Crippen LogP contribution in [0.2, 0.25) is 0 Å². The van der Waals surface area contributed by atoms with Crippen LogP contribution in [0.4, 0.5) is 0 Å². The number of halogens is 1. The Balaban J connectivity index is 2.00. The summed E-state index contributed by atoms with van der Waals surface area (Å²) in [6.45, 7) is 0. The topological polar surface area (TPSA) is 96.5 Å². The van der Waals surface area contributed by atoms with Gasteiger partial charge in [-0.05, 0) is 18.2 Å². The van der Waals surface area contributed by atoms with Gasteiger partial charge in [0.25, 0.3) is 0 Å². The Kier molecular flexibility index (Phi) is 3.40. The van der Waals surface area contributed by atoms with Crippen molar-refractivity contribution < 1.29 is 19.4 Å². The average Bonchev–Trinajstić information content (AvgIpc) is 2.86. The number of H-pyrrole nitrogens is 1. The summed E-state index contributed by atoms with van der Waals surface area (Å²) in [5.41, 5.74) is 0.715. The molecule has 0 radical (unpaired) electrons. The standard InChI is InChI=1S/C14H8BrNO5S2/c15-4-1-2-6-5(3-4)7-8(13(19)21-6)10(12(17)18)22-11-9(7)23-14(20)16-11/h1-3,7-8,10H,(H,16,20)(H,17,18)/t7-,8+,10+/m0/s1. The van der Waals surface area contributed by atoms with E-state index in [0.717, 1.165) is 27.6 Å². The lowest BCUT2D eigenvalue weighted by atomic mass is 9.80.